The largest absolute Gasteiger partial charge is 0.368 e. The van der Waals surface area contributed by atoms with Gasteiger partial charge in [0.15, 0.2) is 11.0 Å². The van der Waals surface area contributed by atoms with Gasteiger partial charge in [-0.25, -0.2) is 4.39 Å². The van der Waals surface area contributed by atoms with Crippen molar-refractivity contribution in [1.82, 2.24) is 24.6 Å². The summed E-state index contributed by atoms with van der Waals surface area (Å²) in [4.78, 5) is 12.5. The third-order valence-electron chi connectivity index (χ3n) is 2.57. The van der Waals surface area contributed by atoms with Gasteiger partial charge in [0.25, 0.3) is 5.78 Å². The Kier molecular flexibility index (Phi) is 3.19. The fourth-order valence-corrected chi connectivity index (χ4v) is 2.27. The first-order valence-corrected chi connectivity index (χ1v) is 7.08. The molecule has 0 saturated carbocycles. The van der Waals surface area contributed by atoms with Crippen LogP contribution in [-0.2, 0) is 0 Å². The topological polar surface area (TPSA) is 82.0 Å². The zero-order valence-electron chi connectivity index (χ0n) is 10.2. The number of thioether (sulfide) groups is 1. The Balaban J connectivity index is 2.20. The van der Waals surface area contributed by atoms with Gasteiger partial charge in [0.2, 0.25) is 5.95 Å². The second-order valence-electron chi connectivity index (χ2n) is 3.84. The Bertz CT molecular complexity index is 805. The Morgan fingerprint density at radius 3 is 2.80 bits per heavy atom. The predicted octanol–water partition coefficient (Wildman–Crippen LogP) is 2.28. The first kappa shape index (κ1) is 13.1. The van der Waals surface area contributed by atoms with Crippen molar-refractivity contribution < 1.29 is 4.39 Å². The van der Waals surface area contributed by atoms with Crippen LogP contribution in [0.25, 0.3) is 17.2 Å². The molecule has 0 bridgehead atoms. The van der Waals surface area contributed by atoms with E-state index in [1.165, 1.54) is 34.5 Å². The number of nitrogens with two attached hydrogens (primary N) is 1. The van der Waals surface area contributed by atoms with Crippen molar-refractivity contribution in [2.75, 3.05) is 12.0 Å². The van der Waals surface area contributed by atoms with Gasteiger partial charge in [0, 0.05) is 5.56 Å². The molecule has 20 heavy (non-hydrogen) atoms. The van der Waals surface area contributed by atoms with E-state index in [1.54, 1.807) is 0 Å². The molecule has 2 N–H and O–H groups in total. The molecule has 6 nitrogen and oxygen atoms in total. The molecule has 3 aromatic rings. The summed E-state index contributed by atoms with van der Waals surface area (Å²) < 4.78 is 14.4. The number of hydrogen-bond acceptors (Lipinski definition) is 6. The Morgan fingerprint density at radius 2 is 2.10 bits per heavy atom. The fourth-order valence-electron chi connectivity index (χ4n) is 1.66. The van der Waals surface area contributed by atoms with E-state index in [-0.39, 0.29) is 11.0 Å². The molecule has 9 heteroatoms. The summed E-state index contributed by atoms with van der Waals surface area (Å²) in [6, 6.07) is 3.99. The van der Waals surface area contributed by atoms with Crippen molar-refractivity contribution in [3.63, 3.8) is 0 Å². The standard InChI is InChI=1S/C11H8ClFN6S/c1-20-11-16-9(14)19-10(17-11)15-8(18-19)6-3-2-5(13)4-7(6)12/h2-4H,1H3,(H2,14,15,16,17,18). The molecule has 102 valence electrons. The number of halogens is 2. The number of nitrogens with zero attached hydrogens (tertiary/aromatic N) is 5. The first-order valence-electron chi connectivity index (χ1n) is 5.48. The molecule has 0 radical (unpaired) electrons. The van der Waals surface area contributed by atoms with Crippen LogP contribution < -0.4 is 5.73 Å². The van der Waals surface area contributed by atoms with Crippen LogP contribution in [0.2, 0.25) is 5.02 Å². The summed E-state index contributed by atoms with van der Waals surface area (Å²) in [5, 5.41) is 4.91. The minimum absolute atomic E-state index is 0.177. The van der Waals surface area contributed by atoms with Gasteiger partial charge >= 0.3 is 0 Å². The third kappa shape index (κ3) is 2.16. The highest BCUT2D eigenvalue weighted by molar-refractivity contribution is 7.98. The van der Waals surface area contributed by atoms with Crippen LogP contribution in [0.3, 0.4) is 0 Å². The van der Waals surface area contributed by atoms with Crippen LogP contribution in [0.15, 0.2) is 23.4 Å². The van der Waals surface area contributed by atoms with E-state index >= 15 is 0 Å². The summed E-state index contributed by atoms with van der Waals surface area (Å²) in [5.74, 6) is 0.384. The van der Waals surface area contributed by atoms with Gasteiger partial charge in [0.1, 0.15) is 5.82 Å². The molecule has 0 amide bonds. The molecule has 0 fully saturated rings. The van der Waals surface area contributed by atoms with Crippen LogP contribution in [0.4, 0.5) is 10.3 Å². The van der Waals surface area contributed by atoms with E-state index < -0.39 is 5.82 Å². The predicted molar refractivity (Wildman–Crippen MR) is 75.2 cm³/mol. The maximum absolute atomic E-state index is 13.1. The van der Waals surface area contributed by atoms with Gasteiger partial charge in [-0.15, -0.1) is 5.10 Å². The maximum Gasteiger partial charge on any atom is 0.258 e. The number of aromatic nitrogens is 5. The summed E-state index contributed by atoms with van der Waals surface area (Å²) >= 11 is 7.34. The van der Waals surface area contributed by atoms with Gasteiger partial charge in [-0.2, -0.15) is 19.5 Å². The molecule has 0 aliphatic rings. The lowest BCUT2D eigenvalue weighted by Crippen LogP contribution is -2.04. The molecular formula is C11H8ClFN6S. The third-order valence-corrected chi connectivity index (χ3v) is 3.43. The summed E-state index contributed by atoms with van der Waals surface area (Å²) in [7, 11) is 0. The zero-order valence-corrected chi connectivity index (χ0v) is 11.8. The van der Waals surface area contributed by atoms with Crippen molar-refractivity contribution in [3.8, 4) is 11.4 Å². The van der Waals surface area contributed by atoms with Crippen molar-refractivity contribution >= 4 is 35.1 Å². The molecule has 2 heterocycles. The van der Waals surface area contributed by atoms with E-state index in [1.807, 2.05) is 6.26 Å². The van der Waals surface area contributed by atoms with E-state index in [4.69, 9.17) is 17.3 Å². The van der Waals surface area contributed by atoms with Crippen LogP contribution in [-0.4, -0.2) is 30.8 Å². The number of fused-ring (bicyclic) bond motifs is 1. The van der Waals surface area contributed by atoms with Crippen LogP contribution in [0.5, 0.6) is 0 Å². The quantitative estimate of drug-likeness (QED) is 0.731. The molecule has 1 aromatic carbocycles. The number of rotatable bonds is 2. The summed E-state index contributed by atoms with van der Waals surface area (Å²) in [6.07, 6.45) is 1.83. The molecule has 0 aliphatic heterocycles. The van der Waals surface area contributed by atoms with Gasteiger partial charge in [-0.1, -0.05) is 23.4 Å². The number of anilines is 1. The molecule has 0 unspecified atom stereocenters. The lowest BCUT2D eigenvalue weighted by atomic mass is 10.2. The number of nitrogen functional groups attached to an aromatic ring is 1. The minimum Gasteiger partial charge on any atom is -0.368 e. The normalized spacial score (nSPS) is 11.2. The number of hydrogen-bond donors (Lipinski definition) is 1. The van der Waals surface area contributed by atoms with Crippen molar-refractivity contribution in [1.29, 1.82) is 0 Å². The highest BCUT2D eigenvalue weighted by atomic mass is 35.5. The van der Waals surface area contributed by atoms with Gasteiger partial charge < -0.3 is 5.73 Å². The van der Waals surface area contributed by atoms with Gasteiger partial charge in [0.05, 0.1) is 5.02 Å². The van der Waals surface area contributed by atoms with Crippen LogP contribution >= 0.6 is 23.4 Å². The Labute approximate surface area is 122 Å². The monoisotopic (exact) mass is 310 g/mol. The van der Waals surface area contributed by atoms with E-state index in [0.717, 1.165) is 0 Å². The lowest BCUT2D eigenvalue weighted by molar-refractivity contribution is 0.628. The van der Waals surface area contributed by atoms with Gasteiger partial charge in [-0.3, -0.25) is 0 Å². The van der Waals surface area contributed by atoms with Crippen LogP contribution in [0, 0.1) is 5.82 Å². The average molecular weight is 311 g/mol. The molecule has 0 spiro atoms. The summed E-state index contributed by atoms with van der Waals surface area (Å²) in [6.45, 7) is 0. The SMILES string of the molecule is CSc1nc(N)n2nc(-c3ccc(F)cc3Cl)nc2n1. The fraction of sp³-hybridized carbons (Fsp3) is 0.0909. The minimum atomic E-state index is -0.425. The molecule has 0 saturated heterocycles. The Morgan fingerprint density at radius 1 is 1.30 bits per heavy atom. The number of benzene rings is 1. The molecule has 3 rings (SSSR count). The Hall–Kier alpha value is -1.93. The van der Waals surface area contributed by atoms with Gasteiger partial charge in [-0.05, 0) is 24.5 Å². The smallest absolute Gasteiger partial charge is 0.258 e. The molecule has 0 aliphatic carbocycles. The molecular weight excluding hydrogens is 303 g/mol. The second kappa shape index (κ2) is 4.88. The highest BCUT2D eigenvalue weighted by Crippen LogP contribution is 2.26. The van der Waals surface area contributed by atoms with Crippen molar-refractivity contribution in [3.05, 3.63) is 29.0 Å². The maximum atomic E-state index is 13.1. The van der Waals surface area contributed by atoms with E-state index in [2.05, 4.69) is 20.1 Å². The molecule has 2 aromatic heterocycles. The van der Waals surface area contributed by atoms with E-state index in [9.17, 15) is 4.39 Å². The average Bonchev–Trinajstić information content (AvgIpc) is 2.82. The van der Waals surface area contributed by atoms with Crippen molar-refractivity contribution in [2.24, 2.45) is 0 Å². The lowest BCUT2D eigenvalue weighted by Gasteiger charge is -1.98. The van der Waals surface area contributed by atoms with Crippen molar-refractivity contribution in [2.45, 2.75) is 5.16 Å². The summed E-state index contributed by atoms with van der Waals surface area (Å²) in [5.41, 5.74) is 6.29. The second-order valence-corrected chi connectivity index (χ2v) is 5.02. The molecule has 0 atom stereocenters. The van der Waals surface area contributed by atoms with Crippen LogP contribution in [0.1, 0.15) is 0 Å². The zero-order chi connectivity index (χ0) is 14.3. The highest BCUT2D eigenvalue weighted by Gasteiger charge is 2.14. The van der Waals surface area contributed by atoms with E-state index in [0.29, 0.717) is 22.3 Å². The first-order chi connectivity index (χ1) is 9.58.